The normalized spacial score (nSPS) is 11.4. The fourth-order valence-corrected chi connectivity index (χ4v) is 6.04. The largest absolute Gasteiger partial charge is 0.425 e. The SMILES string of the molecule is CCCCCCCCCCCCCCC(=O)OC(CCCCCCCCC)OC(=O)CCCCCCCCCCCCCC. The van der Waals surface area contributed by atoms with Gasteiger partial charge in [-0.3, -0.25) is 9.59 Å². The Balaban J connectivity index is 4.10. The summed E-state index contributed by atoms with van der Waals surface area (Å²) in [6, 6.07) is 0. The monoisotopic (exact) mass is 623 g/mol. The van der Waals surface area contributed by atoms with Crippen molar-refractivity contribution in [3.05, 3.63) is 0 Å². The van der Waals surface area contributed by atoms with E-state index in [2.05, 4.69) is 20.8 Å². The number of rotatable bonds is 36. The zero-order valence-corrected chi connectivity index (χ0v) is 30.3. The molecule has 0 aromatic heterocycles. The van der Waals surface area contributed by atoms with Crippen molar-refractivity contribution in [1.82, 2.24) is 0 Å². The molecule has 0 rings (SSSR count). The highest BCUT2D eigenvalue weighted by Gasteiger charge is 2.18. The Morgan fingerprint density at radius 3 is 0.841 bits per heavy atom. The smallest absolute Gasteiger partial charge is 0.308 e. The number of carbonyl (C=O) groups excluding carboxylic acids is 2. The van der Waals surface area contributed by atoms with Crippen molar-refractivity contribution in [2.45, 2.75) is 245 Å². The molecule has 0 radical (unpaired) electrons. The molecule has 0 aliphatic carbocycles. The van der Waals surface area contributed by atoms with Crippen LogP contribution in [0.5, 0.6) is 0 Å². The van der Waals surface area contributed by atoms with Crippen LogP contribution in [0.3, 0.4) is 0 Å². The Morgan fingerprint density at radius 1 is 0.341 bits per heavy atom. The Kier molecular flexibility index (Phi) is 35.5. The molecule has 4 heteroatoms. The second-order valence-electron chi connectivity index (χ2n) is 13.6. The molecule has 0 saturated carbocycles. The summed E-state index contributed by atoms with van der Waals surface area (Å²) < 4.78 is 11.4. The summed E-state index contributed by atoms with van der Waals surface area (Å²) in [6.45, 7) is 6.78. The molecule has 0 fully saturated rings. The second kappa shape index (κ2) is 36.4. The Bertz CT molecular complexity index is 548. The summed E-state index contributed by atoms with van der Waals surface area (Å²) in [5.41, 5.74) is 0. The van der Waals surface area contributed by atoms with Gasteiger partial charge in [0, 0.05) is 19.3 Å². The highest BCUT2D eigenvalue weighted by molar-refractivity contribution is 5.71. The summed E-state index contributed by atoms with van der Waals surface area (Å²) in [5.74, 6) is -0.411. The molecular weight excluding hydrogens is 544 g/mol. The lowest BCUT2D eigenvalue weighted by Crippen LogP contribution is -2.24. The molecule has 0 saturated heterocycles. The summed E-state index contributed by atoms with van der Waals surface area (Å²) in [5, 5.41) is 0. The van der Waals surface area contributed by atoms with E-state index in [1.807, 2.05) is 0 Å². The van der Waals surface area contributed by atoms with E-state index in [4.69, 9.17) is 9.47 Å². The molecule has 0 aromatic rings. The first-order chi connectivity index (χ1) is 21.6. The van der Waals surface area contributed by atoms with E-state index in [0.717, 1.165) is 38.5 Å². The summed E-state index contributed by atoms with van der Waals surface area (Å²) in [4.78, 5) is 25.2. The molecule has 0 amide bonds. The molecule has 0 N–H and O–H groups in total. The number of carbonyl (C=O) groups is 2. The van der Waals surface area contributed by atoms with Crippen LogP contribution in [0.2, 0.25) is 0 Å². The van der Waals surface area contributed by atoms with Gasteiger partial charge in [-0.25, -0.2) is 0 Å². The number of esters is 2. The minimum atomic E-state index is -0.708. The third kappa shape index (κ3) is 33.8. The fraction of sp³-hybridized carbons (Fsp3) is 0.950. The van der Waals surface area contributed by atoms with E-state index in [1.165, 1.54) is 161 Å². The molecule has 4 nitrogen and oxygen atoms in total. The first-order valence-electron chi connectivity index (χ1n) is 20.0. The molecule has 0 bridgehead atoms. The highest BCUT2D eigenvalue weighted by atomic mass is 16.7. The molecule has 0 atom stereocenters. The van der Waals surface area contributed by atoms with Crippen LogP contribution in [0, 0.1) is 0 Å². The van der Waals surface area contributed by atoms with E-state index < -0.39 is 6.29 Å². The van der Waals surface area contributed by atoms with Crippen molar-refractivity contribution in [2.24, 2.45) is 0 Å². The predicted molar refractivity (Wildman–Crippen MR) is 190 cm³/mol. The Hall–Kier alpha value is -1.06. The van der Waals surface area contributed by atoms with Gasteiger partial charge in [0.1, 0.15) is 0 Å². The van der Waals surface area contributed by atoms with Gasteiger partial charge in [-0.2, -0.15) is 0 Å². The van der Waals surface area contributed by atoms with Gasteiger partial charge >= 0.3 is 11.9 Å². The van der Waals surface area contributed by atoms with Crippen LogP contribution in [0.15, 0.2) is 0 Å². The maximum Gasteiger partial charge on any atom is 0.308 e. The average molecular weight is 623 g/mol. The molecule has 262 valence electrons. The maximum absolute atomic E-state index is 12.6. The maximum atomic E-state index is 12.6. The highest BCUT2D eigenvalue weighted by Crippen LogP contribution is 2.17. The standard InChI is InChI=1S/C40H78O4/c1-4-7-10-13-16-18-20-22-24-27-29-32-35-38(41)43-40(37-34-31-26-15-12-9-6-3)44-39(42)36-33-30-28-25-23-21-19-17-14-11-8-5-2/h40H,4-37H2,1-3H3. The van der Waals surface area contributed by atoms with Gasteiger partial charge in [0.25, 0.3) is 0 Å². The van der Waals surface area contributed by atoms with Gasteiger partial charge in [0.05, 0.1) is 0 Å². The summed E-state index contributed by atoms with van der Waals surface area (Å²) >= 11 is 0. The third-order valence-corrected chi connectivity index (χ3v) is 9.04. The lowest BCUT2D eigenvalue weighted by molar-refractivity contribution is -0.189. The lowest BCUT2D eigenvalue weighted by Gasteiger charge is -2.18. The third-order valence-electron chi connectivity index (χ3n) is 9.04. The first kappa shape index (κ1) is 42.9. The molecule has 0 aliphatic rings. The molecule has 0 heterocycles. The van der Waals surface area contributed by atoms with Crippen LogP contribution in [-0.4, -0.2) is 18.2 Å². The fourth-order valence-electron chi connectivity index (χ4n) is 6.04. The van der Waals surface area contributed by atoms with Crippen LogP contribution in [-0.2, 0) is 19.1 Å². The van der Waals surface area contributed by atoms with Gasteiger partial charge in [0.2, 0.25) is 6.29 Å². The number of hydrogen-bond acceptors (Lipinski definition) is 4. The van der Waals surface area contributed by atoms with Crippen LogP contribution >= 0.6 is 0 Å². The van der Waals surface area contributed by atoms with Gasteiger partial charge < -0.3 is 9.47 Å². The number of hydrogen-bond donors (Lipinski definition) is 0. The van der Waals surface area contributed by atoms with Crippen molar-refractivity contribution < 1.29 is 19.1 Å². The minimum absolute atomic E-state index is 0.205. The van der Waals surface area contributed by atoms with Crippen LogP contribution in [0.25, 0.3) is 0 Å². The zero-order valence-electron chi connectivity index (χ0n) is 30.3. The van der Waals surface area contributed by atoms with Crippen molar-refractivity contribution in [3.8, 4) is 0 Å². The van der Waals surface area contributed by atoms with Crippen molar-refractivity contribution in [2.75, 3.05) is 0 Å². The molecule has 0 spiro atoms. The van der Waals surface area contributed by atoms with Gasteiger partial charge in [-0.15, -0.1) is 0 Å². The predicted octanol–water partition coefficient (Wildman–Crippen LogP) is 13.7. The average Bonchev–Trinajstić information content (AvgIpc) is 3.01. The molecular formula is C40H78O4. The zero-order chi connectivity index (χ0) is 32.2. The Labute approximate surface area is 276 Å². The molecule has 0 unspecified atom stereocenters. The quantitative estimate of drug-likeness (QED) is 0.0396. The van der Waals surface area contributed by atoms with Gasteiger partial charge in [0.15, 0.2) is 0 Å². The Morgan fingerprint density at radius 2 is 0.568 bits per heavy atom. The molecule has 44 heavy (non-hydrogen) atoms. The van der Waals surface area contributed by atoms with Gasteiger partial charge in [-0.05, 0) is 19.3 Å². The number of ether oxygens (including phenoxy) is 2. The summed E-state index contributed by atoms with van der Waals surface area (Å²) in [7, 11) is 0. The van der Waals surface area contributed by atoms with E-state index in [9.17, 15) is 9.59 Å². The molecule has 0 aromatic carbocycles. The molecule has 0 aliphatic heterocycles. The summed E-state index contributed by atoms with van der Waals surface area (Å²) in [6.07, 6.45) is 39.7. The van der Waals surface area contributed by atoms with Gasteiger partial charge in [-0.1, -0.05) is 201 Å². The second-order valence-corrected chi connectivity index (χ2v) is 13.6. The number of unbranched alkanes of at least 4 members (excludes halogenated alkanes) is 28. The van der Waals surface area contributed by atoms with Crippen molar-refractivity contribution >= 4 is 11.9 Å². The van der Waals surface area contributed by atoms with Crippen molar-refractivity contribution in [3.63, 3.8) is 0 Å². The topological polar surface area (TPSA) is 52.6 Å². The van der Waals surface area contributed by atoms with E-state index in [-0.39, 0.29) is 11.9 Å². The van der Waals surface area contributed by atoms with Crippen LogP contribution in [0.1, 0.15) is 239 Å². The van der Waals surface area contributed by atoms with E-state index in [0.29, 0.717) is 19.3 Å². The van der Waals surface area contributed by atoms with E-state index in [1.54, 1.807) is 0 Å². The van der Waals surface area contributed by atoms with Crippen molar-refractivity contribution in [1.29, 1.82) is 0 Å². The van der Waals surface area contributed by atoms with E-state index >= 15 is 0 Å². The van der Waals surface area contributed by atoms with Crippen LogP contribution < -0.4 is 0 Å². The minimum Gasteiger partial charge on any atom is -0.425 e. The lowest BCUT2D eigenvalue weighted by atomic mass is 10.0. The first-order valence-corrected chi connectivity index (χ1v) is 20.0. The van der Waals surface area contributed by atoms with Crippen LogP contribution in [0.4, 0.5) is 0 Å².